The summed E-state index contributed by atoms with van der Waals surface area (Å²) in [6.07, 6.45) is 92.3. The molecule has 0 aromatic rings. The van der Waals surface area contributed by atoms with Gasteiger partial charge in [-0.15, -0.1) is 0 Å². The Morgan fingerprint density at radius 3 is 1.09 bits per heavy atom. The Hall–Kier alpha value is -2.90. The second kappa shape index (κ2) is 74.3. The number of unbranched alkanes of at least 4 members (excludes halogenated alkanes) is 50. The molecule has 1 aliphatic rings. The lowest BCUT2D eigenvalue weighted by atomic mass is 9.99. The van der Waals surface area contributed by atoms with Gasteiger partial charge in [0.15, 0.2) is 6.29 Å². The van der Waals surface area contributed by atoms with Crippen LogP contribution in [0.4, 0.5) is 0 Å². The van der Waals surface area contributed by atoms with Crippen LogP contribution < -0.4 is 5.32 Å². The van der Waals surface area contributed by atoms with Crippen LogP contribution in [-0.2, 0) is 23.8 Å². The third-order valence-electron chi connectivity index (χ3n) is 19.5. The largest absolute Gasteiger partial charge is 0.466 e. The maximum absolute atomic E-state index is 13.1. The van der Waals surface area contributed by atoms with Crippen molar-refractivity contribution < 1.29 is 49.3 Å². The lowest BCUT2D eigenvalue weighted by Gasteiger charge is -2.40. The van der Waals surface area contributed by atoms with Gasteiger partial charge in [-0.1, -0.05) is 350 Å². The molecule has 0 radical (unpaired) electrons. The molecule has 0 aromatic carbocycles. The van der Waals surface area contributed by atoms with Gasteiger partial charge in [0.1, 0.15) is 24.4 Å². The molecule has 566 valence electrons. The van der Waals surface area contributed by atoms with E-state index in [4.69, 9.17) is 14.2 Å². The highest BCUT2D eigenvalue weighted by molar-refractivity contribution is 5.76. The second-order valence-electron chi connectivity index (χ2n) is 28.8. The predicted molar refractivity (Wildman–Crippen MR) is 412 cm³/mol. The van der Waals surface area contributed by atoms with E-state index in [-0.39, 0.29) is 18.5 Å². The van der Waals surface area contributed by atoms with E-state index in [2.05, 4.69) is 79.9 Å². The molecule has 0 spiro atoms. The van der Waals surface area contributed by atoms with E-state index in [0.717, 1.165) is 70.6 Å². The van der Waals surface area contributed by atoms with Gasteiger partial charge in [0.2, 0.25) is 5.91 Å². The number of aliphatic hydroxyl groups is 5. The Labute approximate surface area is 598 Å². The molecule has 0 aromatic heterocycles. The fraction of sp³-hybridized carbons (Fsp3) is 0.837. The summed E-state index contributed by atoms with van der Waals surface area (Å²) in [6, 6.07) is -0.827. The maximum atomic E-state index is 13.1. The zero-order valence-electron chi connectivity index (χ0n) is 63.3. The number of ether oxygens (including phenoxy) is 3. The van der Waals surface area contributed by atoms with Gasteiger partial charge >= 0.3 is 5.97 Å². The van der Waals surface area contributed by atoms with E-state index >= 15 is 0 Å². The summed E-state index contributed by atoms with van der Waals surface area (Å²) in [7, 11) is 0. The normalized spacial score (nSPS) is 17.6. The first kappa shape index (κ1) is 92.1. The van der Waals surface area contributed by atoms with Crippen molar-refractivity contribution in [2.75, 3.05) is 19.8 Å². The third-order valence-corrected chi connectivity index (χ3v) is 19.5. The number of hydrogen-bond donors (Lipinski definition) is 6. The van der Waals surface area contributed by atoms with E-state index < -0.39 is 49.5 Å². The van der Waals surface area contributed by atoms with Crippen LogP contribution in [0.5, 0.6) is 0 Å². The zero-order chi connectivity index (χ0) is 70.1. The minimum Gasteiger partial charge on any atom is -0.466 e. The van der Waals surface area contributed by atoms with Gasteiger partial charge in [0.25, 0.3) is 0 Å². The first-order chi connectivity index (χ1) is 47.7. The Morgan fingerprint density at radius 1 is 0.381 bits per heavy atom. The predicted octanol–water partition coefficient (Wildman–Crippen LogP) is 23.0. The number of aliphatic hydroxyl groups excluding tert-OH is 5. The van der Waals surface area contributed by atoms with Gasteiger partial charge in [-0.2, -0.15) is 0 Å². The van der Waals surface area contributed by atoms with Gasteiger partial charge < -0.3 is 45.1 Å². The van der Waals surface area contributed by atoms with Crippen molar-refractivity contribution in [3.63, 3.8) is 0 Å². The van der Waals surface area contributed by atoms with Gasteiger partial charge in [-0.05, 0) is 109 Å². The lowest BCUT2D eigenvalue weighted by molar-refractivity contribution is -0.302. The number of allylic oxidation sites excluding steroid dienone is 11. The average molecular weight is 1370 g/mol. The molecular weight excluding hydrogens is 1210 g/mol. The number of esters is 1. The zero-order valence-corrected chi connectivity index (χ0v) is 63.3. The summed E-state index contributed by atoms with van der Waals surface area (Å²) < 4.78 is 16.8. The van der Waals surface area contributed by atoms with Gasteiger partial charge in [0, 0.05) is 12.8 Å². The standard InChI is InChI=1S/C86H157NO10/c1-3-5-7-9-11-13-15-17-19-46-50-54-58-62-66-70-74-82(91)95-75-71-67-63-59-55-51-47-44-42-40-38-36-34-32-30-28-26-24-22-20-21-23-25-27-29-31-33-35-37-39-41-43-45-49-53-57-61-65-69-73-81(90)87-78(77-96-86-85(94)84(93)83(92)80(76-88)97-86)79(89)72-68-64-60-56-52-48-18-16-14-12-10-8-6-4-2/h13,15,19-21,24,26,46,52,56,68,72,78-80,83-86,88-89,92-94H,3-12,14,16-18,22-23,25,27-45,47-51,53-55,57-67,69-71,73-77H2,1-2H3,(H,87,90)/b15-13-,21-20-,26-24-,46-19-,56-52+,72-68+. The van der Waals surface area contributed by atoms with Crippen LogP contribution in [0.3, 0.4) is 0 Å². The summed E-state index contributed by atoms with van der Waals surface area (Å²) in [6.45, 7) is 4.34. The van der Waals surface area contributed by atoms with Crippen molar-refractivity contribution in [3.8, 4) is 0 Å². The number of carbonyl (C=O) groups excluding carboxylic acids is 2. The van der Waals surface area contributed by atoms with E-state index in [1.807, 2.05) is 6.08 Å². The minimum atomic E-state index is -1.58. The van der Waals surface area contributed by atoms with Crippen molar-refractivity contribution in [3.05, 3.63) is 72.9 Å². The first-order valence-electron chi connectivity index (χ1n) is 41.7. The number of amides is 1. The monoisotopic (exact) mass is 1360 g/mol. The molecule has 1 amide bonds. The molecule has 11 heteroatoms. The summed E-state index contributed by atoms with van der Waals surface area (Å²) in [5.41, 5.74) is 0. The SMILES string of the molecule is CCCCCC/C=C\C/C=C\CCCCCCCC(=O)OCCCCCCCCCCCCCCCCC/C=C\C/C=C\CCCCCCCCCCCCCCCCCCCC(=O)NC(COC1OC(CO)C(O)C(O)C1O)C(O)/C=C/CC/C=C/CCCCCCCCCC. The molecule has 1 heterocycles. The van der Waals surface area contributed by atoms with E-state index in [0.29, 0.717) is 19.4 Å². The molecule has 1 saturated heterocycles. The fourth-order valence-electron chi connectivity index (χ4n) is 13.0. The van der Waals surface area contributed by atoms with E-state index in [9.17, 15) is 35.1 Å². The molecule has 6 N–H and O–H groups in total. The van der Waals surface area contributed by atoms with Crippen LogP contribution in [0.15, 0.2) is 72.9 Å². The fourth-order valence-corrected chi connectivity index (χ4v) is 13.0. The Balaban J connectivity index is 1.91. The number of carbonyl (C=O) groups is 2. The molecular formula is C86H157NO10. The first-order valence-corrected chi connectivity index (χ1v) is 41.7. The van der Waals surface area contributed by atoms with Crippen molar-refractivity contribution in [2.45, 2.75) is 442 Å². The van der Waals surface area contributed by atoms with Gasteiger partial charge in [0.05, 0.1) is 32.0 Å². The van der Waals surface area contributed by atoms with Crippen LogP contribution in [0, 0.1) is 0 Å². The van der Waals surface area contributed by atoms with E-state index in [1.54, 1.807) is 6.08 Å². The van der Waals surface area contributed by atoms with Gasteiger partial charge in [-0.25, -0.2) is 0 Å². The van der Waals surface area contributed by atoms with Crippen molar-refractivity contribution in [1.82, 2.24) is 5.32 Å². The summed E-state index contributed by atoms with van der Waals surface area (Å²) in [5, 5.41) is 54.6. The number of nitrogens with one attached hydrogen (secondary N) is 1. The maximum Gasteiger partial charge on any atom is 0.305 e. The molecule has 1 aliphatic heterocycles. The summed E-state index contributed by atoms with van der Waals surface area (Å²) >= 11 is 0. The van der Waals surface area contributed by atoms with Crippen LogP contribution in [0.1, 0.15) is 399 Å². The number of rotatable bonds is 74. The number of hydrogen-bond acceptors (Lipinski definition) is 10. The molecule has 97 heavy (non-hydrogen) atoms. The molecule has 7 unspecified atom stereocenters. The molecule has 1 fully saturated rings. The topological polar surface area (TPSA) is 175 Å². The quantitative estimate of drug-likeness (QED) is 0.0195. The summed E-state index contributed by atoms with van der Waals surface area (Å²) in [5.74, 6) is -0.186. The third kappa shape index (κ3) is 62.6. The molecule has 0 aliphatic carbocycles. The minimum absolute atomic E-state index is 0.00101. The van der Waals surface area contributed by atoms with Crippen molar-refractivity contribution >= 4 is 11.9 Å². The molecule has 0 bridgehead atoms. The highest BCUT2D eigenvalue weighted by atomic mass is 16.7. The Kier molecular flexibility index (Phi) is 70.5. The Bertz CT molecular complexity index is 1850. The molecule has 0 saturated carbocycles. The van der Waals surface area contributed by atoms with Crippen LogP contribution in [-0.4, -0.2) is 100 Å². The van der Waals surface area contributed by atoms with Crippen molar-refractivity contribution in [1.29, 1.82) is 0 Å². The second-order valence-corrected chi connectivity index (χ2v) is 28.8. The highest BCUT2D eigenvalue weighted by Gasteiger charge is 2.44. The molecule has 7 atom stereocenters. The highest BCUT2D eigenvalue weighted by Crippen LogP contribution is 2.24. The smallest absolute Gasteiger partial charge is 0.305 e. The molecule has 1 rings (SSSR count). The van der Waals surface area contributed by atoms with Crippen LogP contribution in [0.2, 0.25) is 0 Å². The van der Waals surface area contributed by atoms with Gasteiger partial charge in [-0.3, -0.25) is 9.59 Å². The van der Waals surface area contributed by atoms with Crippen molar-refractivity contribution in [2.24, 2.45) is 0 Å². The summed E-state index contributed by atoms with van der Waals surface area (Å²) in [4.78, 5) is 25.2. The Morgan fingerprint density at radius 2 is 0.701 bits per heavy atom. The van der Waals surface area contributed by atoms with Crippen LogP contribution >= 0.6 is 0 Å². The van der Waals surface area contributed by atoms with E-state index in [1.165, 1.54) is 302 Å². The molecule has 11 nitrogen and oxygen atoms in total. The average Bonchev–Trinajstić information content (AvgIpc) is 0.869. The van der Waals surface area contributed by atoms with Crippen LogP contribution in [0.25, 0.3) is 0 Å². The lowest BCUT2D eigenvalue weighted by Crippen LogP contribution is -2.60.